The normalized spacial score (nSPS) is 16.6. The fourth-order valence-electron chi connectivity index (χ4n) is 1.57. The standard InChI is InChI=1S/C11H15N3O3/c1-6-9(5-14(13-6)8-3-4-8)10(15)12-7(2)11(16)17/h5,7-8H,3-4H2,1-2H3,(H,12,15)(H,16,17). The van der Waals surface area contributed by atoms with Crippen molar-refractivity contribution in [2.24, 2.45) is 0 Å². The van der Waals surface area contributed by atoms with Gasteiger partial charge in [0.15, 0.2) is 0 Å². The molecule has 1 heterocycles. The summed E-state index contributed by atoms with van der Waals surface area (Å²) in [5, 5.41) is 15.4. The van der Waals surface area contributed by atoms with Crippen LogP contribution in [0, 0.1) is 6.92 Å². The van der Waals surface area contributed by atoms with E-state index in [2.05, 4.69) is 10.4 Å². The second kappa shape index (κ2) is 4.20. The molecule has 1 fully saturated rings. The highest BCUT2D eigenvalue weighted by Crippen LogP contribution is 2.34. The number of amides is 1. The van der Waals surface area contributed by atoms with E-state index in [0.29, 0.717) is 17.3 Å². The summed E-state index contributed by atoms with van der Waals surface area (Å²) in [5.41, 5.74) is 1.08. The van der Waals surface area contributed by atoms with Gasteiger partial charge in [0.1, 0.15) is 6.04 Å². The van der Waals surface area contributed by atoms with Crippen LogP contribution in [0.4, 0.5) is 0 Å². The van der Waals surface area contributed by atoms with Crippen molar-refractivity contribution in [3.05, 3.63) is 17.5 Å². The number of hydrogen-bond acceptors (Lipinski definition) is 3. The molecule has 1 aromatic heterocycles. The minimum Gasteiger partial charge on any atom is -0.480 e. The Kier molecular flexibility index (Phi) is 2.87. The van der Waals surface area contributed by atoms with E-state index in [0.717, 1.165) is 12.8 Å². The maximum absolute atomic E-state index is 11.8. The summed E-state index contributed by atoms with van der Waals surface area (Å²) in [7, 11) is 0. The molecule has 17 heavy (non-hydrogen) atoms. The minimum absolute atomic E-state index is 0.385. The molecule has 6 heteroatoms. The average Bonchev–Trinajstić information content (AvgIpc) is 3.02. The van der Waals surface area contributed by atoms with Crippen LogP contribution in [-0.4, -0.2) is 32.8 Å². The molecule has 0 bridgehead atoms. The Hall–Kier alpha value is -1.85. The lowest BCUT2D eigenvalue weighted by atomic mass is 10.2. The summed E-state index contributed by atoms with van der Waals surface area (Å²) >= 11 is 0. The largest absolute Gasteiger partial charge is 0.480 e. The fourth-order valence-corrected chi connectivity index (χ4v) is 1.57. The smallest absolute Gasteiger partial charge is 0.325 e. The van der Waals surface area contributed by atoms with Crippen molar-refractivity contribution >= 4 is 11.9 Å². The van der Waals surface area contributed by atoms with Crippen LogP contribution in [0.25, 0.3) is 0 Å². The van der Waals surface area contributed by atoms with Crippen molar-refractivity contribution < 1.29 is 14.7 Å². The zero-order valence-corrected chi connectivity index (χ0v) is 9.80. The van der Waals surface area contributed by atoms with Gasteiger partial charge in [-0.25, -0.2) is 0 Å². The summed E-state index contributed by atoms with van der Waals surface area (Å²) in [5.74, 6) is -1.44. The summed E-state index contributed by atoms with van der Waals surface area (Å²) < 4.78 is 1.79. The zero-order valence-electron chi connectivity index (χ0n) is 9.80. The number of carboxylic acids is 1. The average molecular weight is 237 g/mol. The zero-order chi connectivity index (χ0) is 12.6. The van der Waals surface area contributed by atoms with Gasteiger partial charge in [-0.2, -0.15) is 5.10 Å². The predicted octanol–water partition coefficient (Wildman–Crippen LogP) is 0.729. The predicted molar refractivity (Wildman–Crippen MR) is 59.8 cm³/mol. The van der Waals surface area contributed by atoms with Gasteiger partial charge in [-0.15, -0.1) is 0 Å². The molecular weight excluding hydrogens is 222 g/mol. The van der Waals surface area contributed by atoms with E-state index < -0.39 is 12.0 Å². The van der Waals surface area contributed by atoms with Crippen LogP contribution in [0.3, 0.4) is 0 Å². The third-order valence-electron chi connectivity index (χ3n) is 2.80. The lowest BCUT2D eigenvalue weighted by molar-refractivity contribution is -0.138. The maximum atomic E-state index is 11.8. The van der Waals surface area contributed by atoms with Gasteiger partial charge < -0.3 is 10.4 Å². The lowest BCUT2D eigenvalue weighted by Gasteiger charge is -2.07. The summed E-state index contributed by atoms with van der Waals surface area (Å²) in [4.78, 5) is 22.4. The van der Waals surface area contributed by atoms with E-state index in [1.54, 1.807) is 17.8 Å². The van der Waals surface area contributed by atoms with Crippen LogP contribution in [-0.2, 0) is 4.79 Å². The van der Waals surface area contributed by atoms with Gasteiger partial charge >= 0.3 is 5.97 Å². The third-order valence-corrected chi connectivity index (χ3v) is 2.80. The molecule has 1 amide bonds. The van der Waals surface area contributed by atoms with Crippen molar-refractivity contribution in [3.8, 4) is 0 Å². The number of rotatable bonds is 4. The minimum atomic E-state index is -1.05. The number of nitrogens with one attached hydrogen (secondary N) is 1. The highest BCUT2D eigenvalue weighted by molar-refractivity contribution is 5.97. The van der Waals surface area contributed by atoms with Gasteiger partial charge in [0, 0.05) is 6.20 Å². The fraction of sp³-hybridized carbons (Fsp3) is 0.545. The van der Waals surface area contributed by atoms with Gasteiger partial charge in [0.05, 0.1) is 17.3 Å². The molecule has 1 aromatic rings. The molecule has 1 atom stereocenters. The first-order valence-corrected chi connectivity index (χ1v) is 5.58. The number of aliphatic carboxylic acids is 1. The van der Waals surface area contributed by atoms with E-state index in [1.165, 1.54) is 6.92 Å². The van der Waals surface area contributed by atoms with Crippen molar-refractivity contribution in [2.45, 2.75) is 38.8 Å². The first-order chi connectivity index (χ1) is 7.99. The van der Waals surface area contributed by atoms with Crippen LogP contribution in [0.2, 0.25) is 0 Å². The first kappa shape index (κ1) is 11.6. The van der Waals surface area contributed by atoms with Gasteiger partial charge in [-0.05, 0) is 26.7 Å². The van der Waals surface area contributed by atoms with Crippen molar-refractivity contribution in [3.63, 3.8) is 0 Å². The van der Waals surface area contributed by atoms with E-state index in [9.17, 15) is 9.59 Å². The summed E-state index contributed by atoms with van der Waals surface area (Å²) in [6.07, 6.45) is 3.87. The number of carboxylic acid groups (broad SMARTS) is 1. The monoisotopic (exact) mass is 237 g/mol. The molecule has 0 radical (unpaired) electrons. The van der Waals surface area contributed by atoms with E-state index >= 15 is 0 Å². The number of carbonyl (C=O) groups is 2. The molecule has 0 aromatic carbocycles. The van der Waals surface area contributed by atoms with Gasteiger partial charge in [-0.3, -0.25) is 14.3 Å². The molecule has 2 rings (SSSR count). The molecule has 1 saturated carbocycles. The molecule has 1 aliphatic rings. The molecule has 1 aliphatic carbocycles. The Labute approximate surface area is 98.6 Å². The molecule has 92 valence electrons. The number of aryl methyl sites for hydroxylation is 1. The van der Waals surface area contributed by atoms with Crippen LogP contribution in [0.1, 0.15) is 41.9 Å². The third kappa shape index (κ3) is 2.46. The van der Waals surface area contributed by atoms with Crippen LogP contribution in [0.5, 0.6) is 0 Å². The Bertz CT molecular complexity index is 463. The summed E-state index contributed by atoms with van der Waals surface area (Å²) in [6, 6.07) is -0.488. The Balaban J connectivity index is 2.10. The maximum Gasteiger partial charge on any atom is 0.325 e. The van der Waals surface area contributed by atoms with Crippen molar-refractivity contribution in [1.82, 2.24) is 15.1 Å². The lowest BCUT2D eigenvalue weighted by Crippen LogP contribution is -2.38. The highest BCUT2D eigenvalue weighted by Gasteiger charge is 2.27. The second-order valence-corrected chi connectivity index (χ2v) is 4.37. The number of hydrogen-bond donors (Lipinski definition) is 2. The summed E-state index contributed by atoms with van der Waals surface area (Å²) in [6.45, 7) is 3.18. The van der Waals surface area contributed by atoms with Gasteiger partial charge in [-0.1, -0.05) is 0 Å². The second-order valence-electron chi connectivity index (χ2n) is 4.37. The van der Waals surface area contributed by atoms with Crippen molar-refractivity contribution in [2.75, 3.05) is 0 Å². The topological polar surface area (TPSA) is 84.2 Å². The molecule has 1 unspecified atom stereocenters. The highest BCUT2D eigenvalue weighted by atomic mass is 16.4. The Morgan fingerprint density at radius 2 is 2.24 bits per heavy atom. The molecule has 2 N–H and O–H groups in total. The SMILES string of the molecule is Cc1nn(C2CC2)cc1C(=O)NC(C)C(=O)O. The molecule has 0 saturated heterocycles. The quantitative estimate of drug-likeness (QED) is 0.808. The molecule has 6 nitrogen and oxygen atoms in total. The molecular formula is C11H15N3O3. The van der Waals surface area contributed by atoms with Gasteiger partial charge in [0.25, 0.3) is 5.91 Å². The van der Waals surface area contributed by atoms with E-state index in [-0.39, 0.29) is 5.91 Å². The number of carbonyl (C=O) groups excluding carboxylic acids is 1. The Morgan fingerprint density at radius 3 is 2.76 bits per heavy atom. The van der Waals surface area contributed by atoms with Crippen LogP contribution in [0.15, 0.2) is 6.20 Å². The number of nitrogens with zero attached hydrogens (tertiary/aromatic N) is 2. The van der Waals surface area contributed by atoms with Crippen LogP contribution < -0.4 is 5.32 Å². The molecule has 0 aliphatic heterocycles. The number of aromatic nitrogens is 2. The molecule has 0 spiro atoms. The first-order valence-electron chi connectivity index (χ1n) is 5.58. The van der Waals surface area contributed by atoms with Crippen molar-refractivity contribution in [1.29, 1.82) is 0 Å². The van der Waals surface area contributed by atoms with E-state index in [1.807, 2.05) is 0 Å². The Morgan fingerprint density at radius 1 is 1.59 bits per heavy atom. The van der Waals surface area contributed by atoms with Gasteiger partial charge in [0.2, 0.25) is 0 Å². The van der Waals surface area contributed by atoms with E-state index in [4.69, 9.17) is 5.11 Å². The van der Waals surface area contributed by atoms with Crippen LogP contribution >= 0.6 is 0 Å².